The molecule has 0 saturated heterocycles. The van der Waals surface area contributed by atoms with Crippen LogP contribution in [0.15, 0.2) is 42.5 Å². The van der Waals surface area contributed by atoms with Crippen LogP contribution in [0.4, 0.5) is 0 Å². The number of hydrogen-bond acceptors (Lipinski definition) is 4. The lowest BCUT2D eigenvalue weighted by Crippen LogP contribution is -2.50. The number of nitrogens with one attached hydrogen (secondary N) is 1. The second-order valence-electron chi connectivity index (χ2n) is 6.89. The van der Waals surface area contributed by atoms with Gasteiger partial charge in [0.15, 0.2) is 6.61 Å². The van der Waals surface area contributed by atoms with Crippen LogP contribution in [0.25, 0.3) is 0 Å². The number of carbonyl (C=O) groups is 2. The summed E-state index contributed by atoms with van der Waals surface area (Å²) in [6.07, 6.45) is 0.494. The quantitative estimate of drug-likeness (QED) is 0.616. The van der Waals surface area contributed by atoms with E-state index in [9.17, 15) is 9.59 Å². The summed E-state index contributed by atoms with van der Waals surface area (Å²) >= 11 is 6.05. The Morgan fingerprint density at radius 2 is 1.77 bits per heavy atom. The van der Waals surface area contributed by atoms with Crippen molar-refractivity contribution in [2.75, 3.05) is 20.3 Å². The number of carbonyl (C=O) groups excluding carboxylic acids is 2. The summed E-state index contributed by atoms with van der Waals surface area (Å²) in [5.41, 5.74) is 1.76. The molecule has 6 nitrogen and oxygen atoms in total. The molecule has 0 heterocycles. The van der Waals surface area contributed by atoms with Gasteiger partial charge in [0.1, 0.15) is 17.5 Å². The average molecular weight is 433 g/mol. The van der Waals surface area contributed by atoms with Gasteiger partial charge < -0.3 is 19.7 Å². The fourth-order valence-corrected chi connectivity index (χ4v) is 3.19. The third kappa shape index (κ3) is 6.39. The number of likely N-dealkylation sites (N-methyl/N-ethyl adjacent to an activating group) is 1. The Morgan fingerprint density at radius 3 is 2.33 bits per heavy atom. The molecule has 0 saturated carbocycles. The van der Waals surface area contributed by atoms with Gasteiger partial charge in [0, 0.05) is 18.1 Å². The molecule has 7 heteroatoms. The molecule has 0 aromatic heterocycles. The fourth-order valence-electron chi connectivity index (χ4n) is 3.07. The van der Waals surface area contributed by atoms with Gasteiger partial charge in [0.2, 0.25) is 5.91 Å². The van der Waals surface area contributed by atoms with Gasteiger partial charge in [0.05, 0.1) is 7.11 Å². The smallest absolute Gasteiger partial charge is 0.261 e. The van der Waals surface area contributed by atoms with Crippen molar-refractivity contribution in [2.45, 2.75) is 39.8 Å². The molecule has 0 radical (unpaired) electrons. The van der Waals surface area contributed by atoms with E-state index in [0.29, 0.717) is 30.3 Å². The number of rotatable bonds is 10. The summed E-state index contributed by atoms with van der Waals surface area (Å²) in [5, 5.41) is 3.45. The van der Waals surface area contributed by atoms with Gasteiger partial charge in [-0.3, -0.25) is 9.59 Å². The van der Waals surface area contributed by atoms with Crippen LogP contribution in [-0.2, 0) is 16.1 Å². The first kappa shape index (κ1) is 23.5. The lowest BCUT2D eigenvalue weighted by Gasteiger charge is -2.30. The van der Waals surface area contributed by atoms with Gasteiger partial charge in [-0.25, -0.2) is 0 Å². The number of hydrogen-bond donors (Lipinski definition) is 1. The van der Waals surface area contributed by atoms with Gasteiger partial charge in [-0.1, -0.05) is 30.7 Å². The maximum absolute atomic E-state index is 13.1. The normalized spacial score (nSPS) is 11.5. The molecule has 0 unspecified atom stereocenters. The maximum atomic E-state index is 13.1. The van der Waals surface area contributed by atoms with Crippen LogP contribution >= 0.6 is 11.6 Å². The third-order valence-electron chi connectivity index (χ3n) is 4.74. The first-order valence-corrected chi connectivity index (χ1v) is 10.4. The Labute approximate surface area is 183 Å². The molecule has 162 valence electrons. The number of aryl methyl sites for hydroxylation is 1. The molecule has 0 aliphatic heterocycles. The molecular weight excluding hydrogens is 404 g/mol. The second kappa shape index (κ2) is 11.5. The summed E-state index contributed by atoms with van der Waals surface area (Å²) in [6.45, 7) is 6.23. The molecule has 1 N–H and O–H groups in total. The highest BCUT2D eigenvalue weighted by atomic mass is 35.5. The maximum Gasteiger partial charge on any atom is 0.261 e. The van der Waals surface area contributed by atoms with Crippen LogP contribution in [0.5, 0.6) is 11.5 Å². The van der Waals surface area contributed by atoms with Crippen molar-refractivity contribution in [1.29, 1.82) is 0 Å². The minimum absolute atomic E-state index is 0.173. The zero-order valence-corrected chi connectivity index (χ0v) is 18.7. The Kier molecular flexibility index (Phi) is 8.99. The molecule has 0 fully saturated rings. The van der Waals surface area contributed by atoms with Crippen LogP contribution in [-0.4, -0.2) is 43.0 Å². The summed E-state index contributed by atoms with van der Waals surface area (Å²) in [5.74, 6) is 0.843. The number of amides is 2. The Bertz CT molecular complexity index is 855. The molecule has 0 aliphatic carbocycles. The highest BCUT2D eigenvalue weighted by Crippen LogP contribution is 2.21. The molecule has 0 bridgehead atoms. The highest BCUT2D eigenvalue weighted by Gasteiger charge is 2.28. The predicted octanol–water partition coefficient (Wildman–Crippen LogP) is 3.98. The van der Waals surface area contributed by atoms with E-state index in [4.69, 9.17) is 21.1 Å². The van der Waals surface area contributed by atoms with Crippen LogP contribution in [0.1, 0.15) is 31.4 Å². The van der Waals surface area contributed by atoms with E-state index in [1.165, 1.54) is 0 Å². The molecule has 0 aliphatic rings. The van der Waals surface area contributed by atoms with E-state index in [1.54, 1.807) is 30.2 Å². The number of nitrogens with zero attached hydrogens (tertiary/aromatic N) is 1. The fraction of sp³-hybridized carbons (Fsp3) is 0.391. The standard InChI is InChI=1S/C23H29ClN2O4/c1-5-21(23(28)25-6-2)26(14-17-7-9-18(29-4)10-8-17)22(27)15-30-19-11-12-20(24)16(3)13-19/h7-13,21H,5-6,14-15H2,1-4H3,(H,25,28)/t21-/m0/s1. The number of halogens is 1. The van der Waals surface area contributed by atoms with E-state index in [-0.39, 0.29) is 18.4 Å². The zero-order valence-electron chi connectivity index (χ0n) is 17.9. The predicted molar refractivity (Wildman–Crippen MR) is 118 cm³/mol. The van der Waals surface area contributed by atoms with Crippen LogP contribution in [0.3, 0.4) is 0 Å². The van der Waals surface area contributed by atoms with E-state index < -0.39 is 6.04 Å². The van der Waals surface area contributed by atoms with Gasteiger partial charge in [-0.2, -0.15) is 0 Å². The first-order chi connectivity index (χ1) is 14.4. The summed E-state index contributed by atoms with van der Waals surface area (Å²) in [4.78, 5) is 27.2. The topological polar surface area (TPSA) is 67.9 Å². The second-order valence-corrected chi connectivity index (χ2v) is 7.30. The van der Waals surface area contributed by atoms with Gasteiger partial charge >= 0.3 is 0 Å². The molecule has 2 aromatic carbocycles. The Balaban J connectivity index is 2.19. The van der Waals surface area contributed by atoms with Crippen molar-refractivity contribution >= 4 is 23.4 Å². The lowest BCUT2D eigenvalue weighted by molar-refractivity contribution is -0.142. The molecule has 1 atom stereocenters. The molecule has 2 rings (SSSR count). The lowest BCUT2D eigenvalue weighted by atomic mass is 10.1. The third-order valence-corrected chi connectivity index (χ3v) is 5.16. The van der Waals surface area contributed by atoms with Crippen LogP contribution in [0, 0.1) is 6.92 Å². The monoisotopic (exact) mass is 432 g/mol. The zero-order chi connectivity index (χ0) is 22.1. The van der Waals surface area contributed by atoms with Gasteiger partial charge in [-0.05, 0) is 61.7 Å². The SMILES string of the molecule is CCNC(=O)[C@H](CC)N(Cc1ccc(OC)cc1)C(=O)COc1ccc(Cl)c(C)c1. The van der Waals surface area contributed by atoms with E-state index >= 15 is 0 Å². The van der Waals surface area contributed by atoms with E-state index in [0.717, 1.165) is 16.9 Å². The minimum Gasteiger partial charge on any atom is -0.497 e. The molecule has 30 heavy (non-hydrogen) atoms. The van der Waals surface area contributed by atoms with Gasteiger partial charge in [-0.15, -0.1) is 0 Å². The summed E-state index contributed by atoms with van der Waals surface area (Å²) in [7, 11) is 1.60. The van der Waals surface area contributed by atoms with E-state index in [1.807, 2.05) is 45.0 Å². The molecule has 2 aromatic rings. The van der Waals surface area contributed by atoms with Crippen molar-refractivity contribution in [2.24, 2.45) is 0 Å². The van der Waals surface area contributed by atoms with Crippen molar-refractivity contribution in [1.82, 2.24) is 10.2 Å². The number of methoxy groups -OCH3 is 1. The minimum atomic E-state index is -0.588. The largest absolute Gasteiger partial charge is 0.497 e. The Morgan fingerprint density at radius 1 is 1.10 bits per heavy atom. The van der Waals surface area contributed by atoms with Crippen molar-refractivity contribution in [3.8, 4) is 11.5 Å². The van der Waals surface area contributed by atoms with Crippen LogP contribution in [0.2, 0.25) is 5.02 Å². The average Bonchev–Trinajstić information content (AvgIpc) is 2.74. The highest BCUT2D eigenvalue weighted by molar-refractivity contribution is 6.31. The van der Waals surface area contributed by atoms with Crippen molar-refractivity contribution in [3.63, 3.8) is 0 Å². The Hall–Kier alpha value is -2.73. The van der Waals surface area contributed by atoms with Crippen molar-refractivity contribution < 1.29 is 19.1 Å². The van der Waals surface area contributed by atoms with Crippen molar-refractivity contribution in [3.05, 3.63) is 58.6 Å². The van der Waals surface area contributed by atoms with E-state index in [2.05, 4.69) is 5.32 Å². The molecule has 0 spiro atoms. The first-order valence-electron chi connectivity index (χ1n) is 9.98. The summed E-state index contributed by atoms with van der Waals surface area (Å²) in [6, 6.07) is 12.1. The summed E-state index contributed by atoms with van der Waals surface area (Å²) < 4.78 is 10.9. The number of benzene rings is 2. The number of ether oxygens (including phenoxy) is 2. The van der Waals surface area contributed by atoms with Gasteiger partial charge in [0.25, 0.3) is 5.91 Å². The van der Waals surface area contributed by atoms with Crippen LogP contribution < -0.4 is 14.8 Å². The molecule has 2 amide bonds. The molecular formula is C23H29ClN2O4.